The Bertz CT molecular complexity index is 1810. The Labute approximate surface area is 298 Å². The number of aromatic nitrogens is 1. The zero-order valence-electron chi connectivity index (χ0n) is 29.3. The molecule has 4 fully saturated rings. The predicted molar refractivity (Wildman–Crippen MR) is 189 cm³/mol. The number of morpholine rings is 1. The fraction of sp³-hybridized carbons (Fsp3) is 0.622. The molecule has 1 aromatic carbocycles. The lowest BCUT2D eigenvalue weighted by Crippen LogP contribution is -2.57. The largest absolute Gasteiger partial charge is 0.472 e. The molecule has 1 aromatic heterocycles. The molecule has 2 N–H and O–H groups in total. The van der Waals surface area contributed by atoms with Crippen molar-refractivity contribution in [3.8, 4) is 5.88 Å². The molecule has 3 amide bonds. The van der Waals surface area contributed by atoms with E-state index in [1.54, 1.807) is 11.1 Å². The number of carbonyl (C=O) groups is 3. The third kappa shape index (κ3) is 7.05. The minimum atomic E-state index is -4.30. The summed E-state index contributed by atoms with van der Waals surface area (Å²) in [6, 6.07) is 6.90. The first-order valence-electron chi connectivity index (χ1n) is 18.2. The summed E-state index contributed by atoms with van der Waals surface area (Å²) in [7, 11) is -4.30. The molecule has 5 aliphatic rings. The van der Waals surface area contributed by atoms with Crippen LogP contribution in [0.3, 0.4) is 0 Å². The first-order valence-corrected chi connectivity index (χ1v) is 19.7. The number of benzene rings is 1. The van der Waals surface area contributed by atoms with E-state index in [0.717, 1.165) is 48.8 Å². The Morgan fingerprint density at radius 1 is 1.12 bits per heavy atom. The predicted octanol–water partition coefficient (Wildman–Crippen LogP) is 3.65. The van der Waals surface area contributed by atoms with Gasteiger partial charge in [-0.25, -0.2) is 17.8 Å². The molecular weight excluding hydrogens is 678 g/mol. The molecule has 51 heavy (non-hydrogen) atoms. The van der Waals surface area contributed by atoms with Gasteiger partial charge in [-0.15, -0.1) is 0 Å². The molecule has 14 heteroatoms. The van der Waals surface area contributed by atoms with E-state index in [9.17, 15) is 27.2 Å². The lowest BCUT2D eigenvalue weighted by atomic mass is 9.91. The molecule has 12 nitrogen and oxygen atoms in total. The molecule has 2 saturated carbocycles. The van der Waals surface area contributed by atoms with Crippen LogP contribution in [0.15, 0.2) is 42.6 Å². The van der Waals surface area contributed by atoms with E-state index in [2.05, 4.69) is 21.9 Å². The summed E-state index contributed by atoms with van der Waals surface area (Å²) in [6.07, 6.45) is 8.41. The Morgan fingerprint density at radius 2 is 1.86 bits per heavy atom. The number of sulfonamides is 1. The molecule has 0 radical (unpaired) electrons. The molecule has 0 bridgehead atoms. The van der Waals surface area contributed by atoms with E-state index in [0.29, 0.717) is 25.0 Å². The second-order valence-corrected chi connectivity index (χ2v) is 17.4. The fourth-order valence-electron chi connectivity index (χ4n) is 8.03. The molecule has 6 atom stereocenters. The number of hydrogen-bond donors (Lipinski definition) is 2. The van der Waals surface area contributed by atoms with Crippen LogP contribution in [-0.2, 0) is 29.1 Å². The van der Waals surface area contributed by atoms with Gasteiger partial charge in [-0.1, -0.05) is 44.2 Å². The van der Waals surface area contributed by atoms with Crippen molar-refractivity contribution in [1.29, 1.82) is 0 Å². The number of nitrogens with zero attached hydrogens (tertiary/aromatic N) is 3. The number of allylic oxidation sites excluding steroid dienone is 1. The van der Waals surface area contributed by atoms with Crippen LogP contribution < -0.4 is 19.7 Å². The highest BCUT2D eigenvalue weighted by molar-refractivity contribution is 7.91. The number of rotatable bonds is 7. The molecule has 3 aliphatic heterocycles. The first-order chi connectivity index (χ1) is 24.4. The second kappa shape index (κ2) is 14.0. The van der Waals surface area contributed by atoms with Gasteiger partial charge in [0.05, 0.1) is 31.6 Å². The van der Waals surface area contributed by atoms with E-state index < -0.39 is 56.9 Å². The van der Waals surface area contributed by atoms with Crippen molar-refractivity contribution in [2.45, 2.75) is 87.6 Å². The highest BCUT2D eigenvalue weighted by Crippen LogP contribution is 2.48. The van der Waals surface area contributed by atoms with E-state index in [1.165, 1.54) is 0 Å². The Morgan fingerprint density at radius 3 is 2.59 bits per heavy atom. The standard InChI is InChI=1S/C37H48FN5O7S/c1-24-7-3-4-8-26-20-37(26,35(46)41-51(47,48)36(23-38)11-12-36)40-33(45)30-19-27(22-43(30)32(44)18-25(2)17-24)50-34-29-10-6-5-9-28(29)31(21-39-34)42-13-15-49-16-14-42/h4-6,8-10,21,24-27,30H,3,7,11-20,22-23H2,1-2H3,(H,40,45)(H,41,46)/b8-4-/t24-,25-,26-,27-,30+,37-/m1/s1. The average Bonchev–Trinajstić information content (AvgIpc) is 4.01. The molecular formula is C37H48FN5O7S. The van der Waals surface area contributed by atoms with Gasteiger partial charge >= 0.3 is 0 Å². The number of ether oxygens (including phenoxy) is 2. The Kier molecular flexibility index (Phi) is 9.76. The SMILES string of the molecule is C[C@@H]1CC/C=C\[C@@H]2C[C@@]2(C(=O)NS(=O)(=O)C2(CF)CC2)NC(=O)[C@@H]2C[C@@H](Oc3ncc(N4CCOCC4)c4ccccc34)CN2C(=O)C[C@H](C)C1. The fourth-order valence-corrected chi connectivity index (χ4v) is 9.46. The van der Waals surface area contributed by atoms with Gasteiger partial charge in [-0.05, 0) is 56.4 Å². The van der Waals surface area contributed by atoms with E-state index >= 15 is 0 Å². The van der Waals surface area contributed by atoms with Crippen LogP contribution in [0.2, 0.25) is 0 Å². The van der Waals surface area contributed by atoms with Crippen LogP contribution in [0.1, 0.15) is 65.2 Å². The summed E-state index contributed by atoms with van der Waals surface area (Å²) in [5, 5.41) is 4.67. The van der Waals surface area contributed by atoms with Crippen molar-refractivity contribution in [2.75, 3.05) is 44.4 Å². The molecule has 2 aliphatic carbocycles. The zero-order valence-corrected chi connectivity index (χ0v) is 30.1. The number of amides is 3. The maximum atomic E-state index is 14.2. The summed E-state index contributed by atoms with van der Waals surface area (Å²) >= 11 is 0. The molecule has 7 rings (SSSR count). The first kappa shape index (κ1) is 35.6. The number of halogens is 1. The molecule has 2 saturated heterocycles. The molecule has 0 unspecified atom stereocenters. The highest BCUT2D eigenvalue weighted by Gasteiger charge is 2.64. The van der Waals surface area contributed by atoms with Crippen LogP contribution in [0.4, 0.5) is 10.1 Å². The van der Waals surface area contributed by atoms with E-state index in [1.807, 2.05) is 43.3 Å². The minimum absolute atomic E-state index is 0.0876. The topological polar surface area (TPSA) is 147 Å². The van der Waals surface area contributed by atoms with Gasteiger partial charge in [0.2, 0.25) is 27.7 Å². The van der Waals surface area contributed by atoms with Gasteiger partial charge < -0.3 is 24.6 Å². The number of nitrogens with one attached hydrogen (secondary N) is 2. The summed E-state index contributed by atoms with van der Waals surface area (Å²) < 4.78 is 52.4. The van der Waals surface area contributed by atoms with Gasteiger partial charge in [0.15, 0.2) is 0 Å². The van der Waals surface area contributed by atoms with Crippen molar-refractivity contribution < 1.29 is 36.7 Å². The third-order valence-electron chi connectivity index (χ3n) is 11.4. The van der Waals surface area contributed by atoms with Gasteiger partial charge in [-0.3, -0.25) is 19.1 Å². The van der Waals surface area contributed by atoms with Crippen LogP contribution in [-0.4, -0.2) is 98.0 Å². The average molecular weight is 726 g/mol. The van der Waals surface area contributed by atoms with Crippen molar-refractivity contribution in [1.82, 2.24) is 19.9 Å². The van der Waals surface area contributed by atoms with Gasteiger partial charge in [0.25, 0.3) is 5.91 Å². The monoisotopic (exact) mass is 725 g/mol. The van der Waals surface area contributed by atoms with Crippen LogP contribution >= 0.6 is 0 Å². The normalized spacial score (nSPS) is 31.8. The van der Waals surface area contributed by atoms with Gasteiger partial charge in [0, 0.05) is 42.6 Å². The number of pyridine rings is 1. The van der Waals surface area contributed by atoms with Crippen molar-refractivity contribution in [2.24, 2.45) is 17.8 Å². The quantitative estimate of drug-likeness (QED) is 0.409. The minimum Gasteiger partial charge on any atom is -0.472 e. The van der Waals surface area contributed by atoms with Gasteiger partial charge in [-0.2, -0.15) is 0 Å². The molecule has 276 valence electrons. The number of alkyl halides is 1. The third-order valence-corrected chi connectivity index (χ3v) is 13.5. The van der Waals surface area contributed by atoms with Crippen LogP contribution in [0, 0.1) is 17.8 Å². The number of hydrogen-bond acceptors (Lipinski definition) is 9. The summed E-state index contributed by atoms with van der Waals surface area (Å²) in [6.45, 7) is 6.02. The summed E-state index contributed by atoms with van der Waals surface area (Å²) in [5.41, 5.74) is -0.553. The second-order valence-electron chi connectivity index (χ2n) is 15.3. The Balaban J connectivity index is 1.16. The smallest absolute Gasteiger partial charge is 0.259 e. The van der Waals surface area contributed by atoms with Crippen molar-refractivity contribution in [3.05, 3.63) is 42.6 Å². The van der Waals surface area contributed by atoms with E-state index in [-0.39, 0.29) is 50.5 Å². The van der Waals surface area contributed by atoms with Crippen molar-refractivity contribution in [3.63, 3.8) is 0 Å². The number of fused-ring (bicyclic) bond motifs is 3. The Hall–Kier alpha value is -3.78. The van der Waals surface area contributed by atoms with Crippen LogP contribution in [0.25, 0.3) is 10.8 Å². The molecule has 4 heterocycles. The molecule has 2 aromatic rings. The maximum absolute atomic E-state index is 14.2. The zero-order chi connectivity index (χ0) is 36.0. The lowest BCUT2D eigenvalue weighted by Gasteiger charge is -2.30. The number of anilines is 1. The summed E-state index contributed by atoms with van der Waals surface area (Å²) in [5.74, 6) is -1.22. The molecule has 0 spiro atoms. The van der Waals surface area contributed by atoms with Gasteiger partial charge in [0.1, 0.15) is 29.1 Å². The lowest BCUT2D eigenvalue weighted by molar-refractivity contribution is -0.140. The van der Waals surface area contributed by atoms with Crippen LogP contribution in [0.5, 0.6) is 5.88 Å². The number of carbonyl (C=O) groups excluding carboxylic acids is 3. The highest BCUT2D eigenvalue weighted by atomic mass is 32.2. The van der Waals surface area contributed by atoms with Crippen molar-refractivity contribution >= 4 is 44.2 Å². The maximum Gasteiger partial charge on any atom is 0.259 e. The van der Waals surface area contributed by atoms with E-state index in [4.69, 9.17) is 14.5 Å². The summed E-state index contributed by atoms with van der Waals surface area (Å²) in [4.78, 5) is 50.4.